The Morgan fingerprint density at radius 3 is 2.70 bits per heavy atom. The van der Waals surface area contributed by atoms with E-state index in [9.17, 15) is 9.90 Å². The molecule has 1 aliphatic rings. The summed E-state index contributed by atoms with van der Waals surface area (Å²) in [4.78, 5) is 17.4. The molecule has 110 valence electrons. The largest absolute Gasteiger partial charge is 0.383 e. The highest BCUT2D eigenvalue weighted by Gasteiger charge is 2.28. The average Bonchev–Trinajstić information content (AvgIpc) is 2.42. The van der Waals surface area contributed by atoms with Gasteiger partial charge < -0.3 is 10.8 Å². The molecule has 0 aromatic carbocycles. The maximum absolute atomic E-state index is 11.0. The number of nitrogens with two attached hydrogens (primary N) is 1. The first kappa shape index (κ1) is 15.5. The van der Waals surface area contributed by atoms with E-state index in [0.717, 1.165) is 31.6 Å². The third-order valence-corrected chi connectivity index (χ3v) is 4.16. The highest BCUT2D eigenvalue weighted by atomic mass is 35.5. The van der Waals surface area contributed by atoms with Gasteiger partial charge in [0, 0.05) is 12.7 Å². The quantitative estimate of drug-likeness (QED) is 0.880. The fourth-order valence-corrected chi connectivity index (χ4v) is 2.87. The van der Waals surface area contributed by atoms with Crippen LogP contribution < -0.4 is 5.73 Å². The number of primary amides is 1. The zero-order valence-corrected chi connectivity index (χ0v) is 12.4. The van der Waals surface area contributed by atoms with E-state index in [2.05, 4.69) is 9.88 Å². The van der Waals surface area contributed by atoms with Crippen LogP contribution in [0.4, 0.5) is 0 Å². The van der Waals surface area contributed by atoms with E-state index in [1.807, 2.05) is 0 Å². The maximum Gasteiger partial charge on any atom is 0.246 e. The minimum Gasteiger partial charge on any atom is -0.383 e. The van der Waals surface area contributed by atoms with Crippen molar-refractivity contribution in [3.63, 3.8) is 0 Å². The summed E-state index contributed by atoms with van der Waals surface area (Å²) in [5.41, 5.74) is 5.90. The molecule has 1 aromatic rings. The highest BCUT2D eigenvalue weighted by molar-refractivity contribution is 6.34. The number of piperidine rings is 1. The molecule has 0 radical (unpaired) electrons. The molecule has 1 aromatic heterocycles. The molecule has 0 spiro atoms. The molecule has 1 saturated heterocycles. The fraction of sp³-hybridized carbons (Fsp3) is 0.538. The molecule has 0 saturated carbocycles. The van der Waals surface area contributed by atoms with Crippen molar-refractivity contribution in [2.24, 2.45) is 11.7 Å². The normalized spacial score (nSPS) is 18.9. The van der Waals surface area contributed by atoms with E-state index >= 15 is 0 Å². The number of hydrogen-bond acceptors (Lipinski definition) is 4. The van der Waals surface area contributed by atoms with Crippen molar-refractivity contribution in [3.8, 4) is 0 Å². The number of likely N-dealkylation sites (tertiary alicyclic amines) is 1. The highest BCUT2D eigenvalue weighted by Crippen LogP contribution is 2.24. The third-order valence-electron chi connectivity index (χ3n) is 3.63. The van der Waals surface area contributed by atoms with Gasteiger partial charge in [-0.05, 0) is 37.9 Å². The van der Waals surface area contributed by atoms with E-state index in [0.29, 0.717) is 16.6 Å². The number of halogens is 2. The minimum absolute atomic E-state index is 0.0580. The minimum atomic E-state index is -1.05. The van der Waals surface area contributed by atoms with E-state index in [1.165, 1.54) is 0 Å². The van der Waals surface area contributed by atoms with Crippen LogP contribution in [-0.2, 0) is 11.3 Å². The summed E-state index contributed by atoms with van der Waals surface area (Å²) in [5, 5.41) is 10.7. The van der Waals surface area contributed by atoms with Crippen molar-refractivity contribution in [1.82, 2.24) is 9.88 Å². The number of aliphatic hydroxyl groups is 1. The predicted octanol–water partition coefficient (Wildman–Crippen LogP) is 1.45. The zero-order chi connectivity index (χ0) is 14.7. The lowest BCUT2D eigenvalue weighted by Gasteiger charge is -2.33. The van der Waals surface area contributed by atoms with Crippen molar-refractivity contribution in [2.45, 2.75) is 25.5 Å². The second-order valence-corrected chi connectivity index (χ2v) is 5.89. The van der Waals surface area contributed by atoms with Gasteiger partial charge in [-0.2, -0.15) is 0 Å². The van der Waals surface area contributed by atoms with Crippen LogP contribution in [-0.4, -0.2) is 40.1 Å². The lowest BCUT2D eigenvalue weighted by atomic mass is 9.91. The van der Waals surface area contributed by atoms with Crippen LogP contribution in [0.3, 0.4) is 0 Å². The number of rotatable bonds is 4. The summed E-state index contributed by atoms with van der Waals surface area (Å²) in [6, 6.07) is 1.68. The molecule has 1 amide bonds. The van der Waals surface area contributed by atoms with Gasteiger partial charge in [0.15, 0.2) is 0 Å². The molecular formula is C13H17Cl2N3O2. The molecular weight excluding hydrogens is 301 g/mol. The van der Waals surface area contributed by atoms with Crippen molar-refractivity contribution < 1.29 is 9.90 Å². The van der Waals surface area contributed by atoms with Gasteiger partial charge >= 0.3 is 0 Å². The van der Waals surface area contributed by atoms with Crippen LogP contribution in [0, 0.1) is 5.92 Å². The number of amides is 1. The van der Waals surface area contributed by atoms with E-state index < -0.39 is 12.0 Å². The Morgan fingerprint density at radius 1 is 1.50 bits per heavy atom. The Balaban J connectivity index is 1.90. The summed E-state index contributed by atoms with van der Waals surface area (Å²) < 4.78 is 0. The van der Waals surface area contributed by atoms with E-state index in [4.69, 9.17) is 28.9 Å². The smallest absolute Gasteiger partial charge is 0.246 e. The van der Waals surface area contributed by atoms with Gasteiger partial charge in [0.1, 0.15) is 6.10 Å². The van der Waals surface area contributed by atoms with E-state index in [1.54, 1.807) is 12.3 Å². The molecule has 7 heteroatoms. The van der Waals surface area contributed by atoms with Crippen LogP contribution in [0.1, 0.15) is 18.5 Å². The molecule has 1 aliphatic heterocycles. The summed E-state index contributed by atoms with van der Waals surface area (Å²) in [7, 11) is 0. The van der Waals surface area contributed by atoms with Crippen LogP contribution >= 0.6 is 23.2 Å². The van der Waals surface area contributed by atoms with Gasteiger partial charge in [0.2, 0.25) is 5.91 Å². The number of carbonyl (C=O) groups is 1. The molecule has 5 nitrogen and oxygen atoms in total. The number of aromatic nitrogens is 1. The SMILES string of the molecule is NC(=O)[C@@H](O)C1CCN(Cc2ncc(Cl)cc2Cl)CC1. The second kappa shape index (κ2) is 6.72. The number of nitrogens with zero attached hydrogens (tertiary/aromatic N) is 2. The second-order valence-electron chi connectivity index (χ2n) is 5.04. The fourth-order valence-electron chi connectivity index (χ4n) is 2.43. The predicted molar refractivity (Wildman–Crippen MR) is 77.5 cm³/mol. The van der Waals surface area contributed by atoms with Crippen molar-refractivity contribution in [1.29, 1.82) is 0 Å². The molecule has 3 N–H and O–H groups in total. The summed E-state index contributed by atoms with van der Waals surface area (Å²) in [5.74, 6) is -0.705. The number of carbonyl (C=O) groups excluding carboxylic acids is 1. The monoisotopic (exact) mass is 317 g/mol. The topological polar surface area (TPSA) is 79.5 Å². The van der Waals surface area contributed by atoms with Gasteiger partial charge in [0.05, 0.1) is 15.7 Å². The van der Waals surface area contributed by atoms with Crippen molar-refractivity contribution in [3.05, 3.63) is 28.0 Å². The molecule has 0 aliphatic carbocycles. The maximum atomic E-state index is 11.0. The van der Waals surface area contributed by atoms with Gasteiger partial charge in [-0.15, -0.1) is 0 Å². The lowest BCUT2D eigenvalue weighted by Crippen LogP contribution is -2.42. The first-order valence-corrected chi connectivity index (χ1v) is 7.22. The third kappa shape index (κ3) is 3.82. The molecule has 0 bridgehead atoms. The zero-order valence-electron chi connectivity index (χ0n) is 10.9. The first-order chi connectivity index (χ1) is 9.47. The van der Waals surface area contributed by atoms with Gasteiger partial charge in [-0.3, -0.25) is 14.7 Å². The summed E-state index contributed by atoms with van der Waals surface area (Å²) >= 11 is 11.9. The Labute approximate surface area is 127 Å². The van der Waals surface area contributed by atoms with Gasteiger partial charge in [0.25, 0.3) is 0 Å². The van der Waals surface area contributed by atoms with Gasteiger partial charge in [-0.1, -0.05) is 23.2 Å². The summed E-state index contributed by atoms with van der Waals surface area (Å²) in [6.45, 7) is 2.18. The van der Waals surface area contributed by atoms with Crippen LogP contribution in [0.2, 0.25) is 10.0 Å². The van der Waals surface area contributed by atoms with Crippen molar-refractivity contribution in [2.75, 3.05) is 13.1 Å². The van der Waals surface area contributed by atoms with Crippen LogP contribution in [0.5, 0.6) is 0 Å². The van der Waals surface area contributed by atoms with Crippen LogP contribution in [0.15, 0.2) is 12.3 Å². The molecule has 20 heavy (non-hydrogen) atoms. The van der Waals surface area contributed by atoms with Gasteiger partial charge in [-0.25, -0.2) is 0 Å². The Morgan fingerprint density at radius 2 is 2.15 bits per heavy atom. The lowest BCUT2D eigenvalue weighted by molar-refractivity contribution is -0.129. The first-order valence-electron chi connectivity index (χ1n) is 6.47. The molecule has 1 fully saturated rings. The van der Waals surface area contributed by atoms with Crippen molar-refractivity contribution >= 4 is 29.1 Å². The number of aliphatic hydroxyl groups excluding tert-OH is 1. The standard InChI is InChI=1S/C13H17Cl2N3O2/c14-9-5-10(15)11(17-6-9)7-18-3-1-8(2-4-18)12(19)13(16)20/h5-6,8,12,19H,1-4,7H2,(H2,16,20)/t12-/m0/s1. The Bertz CT molecular complexity index is 491. The Kier molecular flexibility index (Phi) is 5.21. The summed E-state index contributed by atoms with van der Waals surface area (Å²) in [6.07, 6.45) is 1.99. The molecule has 0 unspecified atom stereocenters. The van der Waals surface area contributed by atoms with Crippen LogP contribution in [0.25, 0.3) is 0 Å². The average molecular weight is 318 g/mol. The van der Waals surface area contributed by atoms with E-state index in [-0.39, 0.29) is 5.92 Å². The number of pyridine rings is 1. The number of hydrogen-bond donors (Lipinski definition) is 2. The molecule has 2 rings (SSSR count). The molecule has 1 atom stereocenters. The Hall–Kier alpha value is -0.880. The molecule has 2 heterocycles.